The highest BCUT2D eigenvalue weighted by Gasteiger charge is 2.39. The zero-order valence-electron chi connectivity index (χ0n) is 19.4. The van der Waals surface area contributed by atoms with Crippen molar-refractivity contribution in [3.63, 3.8) is 0 Å². The molecule has 2 heterocycles. The fraction of sp³-hybridized carbons (Fsp3) is 0.304. The van der Waals surface area contributed by atoms with E-state index in [1.807, 2.05) is 0 Å². The van der Waals surface area contributed by atoms with Crippen LogP contribution in [-0.2, 0) is 13.1 Å². The van der Waals surface area contributed by atoms with Gasteiger partial charge in [-0.15, -0.1) is 10.2 Å². The highest BCUT2D eigenvalue weighted by Crippen LogP contribution is 2.24. The number of aliphatic hydroxyl groups is 2. The third-order valence-corrected chi connectivity index (χ3v) is 5.29. The molecular weight excluding hydrogens is 501 g/mol. The van der Waals surface area contributed by atoms with E-state index < -0.39 is 30.6 Å². The van der Waals surface area contributed by atoms with Gasteiger partial charge in [-0.2, -0.15) is 13.2 Å². The number of rotatable bonds is 9. The number of allylic oxidation sites excluding steroid dienone is 5. The molecule has 2 atom stereocenters. The molecule has 0 spiro atoms. The molecule has 0 amide bonds. The minimum Gasteiger partial charge on any atom is -0.385 e. The second kappa shape index (κ2) is 11.1. The maximum atomic E-state index is 13.1. The van der Waals surface area contributed by atoms with Crippen molar-refractivity contribution in [2.75, 3.05) is 0 Å². The summed E-state index contributed by atoms with van der Waals surface area (Å²) in [5, 5.41) is 28.7. The van der Waals surface area contributed by atoms with Crippen molar-refractivity contribution in [3.8, 4) is 11.4 Å². The van der Waals surface area contributed by atoms with E-state index in [1.165, 1.54) is 35.9 Å². The highest BCUT2D eigenvalue weighted by atomic mass is 35.5. The first-order valence-corrected chi connectivity index (χ1v) is 11.1. The van der Waals surface area contributed by atoms with Gasteiger partial charge >= 0.3 is 11.9 Å². The molecule has 0 aliphatic heterocycles. The Balaban J connectivity index is 2.08. The monoisotopic (exact) mass is 524 g/mol. The van der Waals surface area contributed by atoms with Crippen LogP contribution in [0.5, 0.6) is 0 Å². The van der Waals surface area contributed by atoms with Crippen molar-refractivity contribution in [3.05, 3.63) is 82.3 Å². The van der Waals surface area contributed by atoms with Gasteiger partial charge in [0, 0.05) is 10.6 Å². The molecule has 13 heteroatoms. The summed E-state index contributed by atoms with van der Waals surface area (Å²) in [6.07, 6.45) is -2.10. The van der Waals surface area contributed by atoms with Gasteiger partial charge < -0.3 is 10.2 Å². The minimum atomic E-state index is -4.94. The van der Waals surface area contributed by atoms with Crippen molar-refractivity contribution in [2.45, 2.75) is 45.3 Å². The Labute approximate surface area is 209 Å². The fourth-order valence-electron chi connectivity index (χ4n) is 3.28. The average Bonchev–Trinajstić information content (AvgIpc) is 3.37. The molecule has 2 aromatic heterocycles. The molecule has 36 heavy (non-hydrogen) atoms. The molecule has 1 aromatic carbocycles. The number of alkyl halides is 3. The number of hydrogen-bond acceptors (Lipinski definition) is 6. The maximum absolute atomic E-state index is 13.1. The first-order valence-electron chi connectivity index (χ1n) is 10.7. The molecule has 0 saturated carbocycles. The summed E-state index contributed by atoms with van der Waals surface area (Å²) in [5.74, 6) is 0.172. The molecule has 3 aromatic rings. The Bertz CT molecular complexity index is 1340. The van der Waals surface area contributed by atoms with Gasteiger partial charge in [-0.3, -0.25) is 4.57 Å². The molecule has 0 bridgehead atoms. The van der Waals surface area contributed by atoms with Crippen LogP contribution in [0.25, 0.3) is 17.1 Å². The van der Waals surface area contributed by atoms with Gasteiger partial charge in [-0.1, -0.05) is 36.4 Å². The van der Waals surface area contributed by atoms with Gasteiger partial charge in [0.2, 0.25) is 0 Å². The van der Waals surface area contributed by atoms with Crippen LogP contribution < -0.4 is 5.69 Å². The average molecular weight is 525 g/mol. The topological polar surface area (TPSA) is 111 Å². The molecule has 3 rings (SSSR count). The van der Waals surface area contributed by atoms with E-state index in [0.29, 0.717) is 16.3 Å². The highest BCUT2D eigenvalue weighted by molar-refractivity contribution is 6.30. The predicted octanol–water partition coefficient (Wildman–Crippen LogP) is 3.58. The van der Waals surface area contributed by atoms with Gasteiger partial charge in [0.05, 0.1) is 12.2 Å². The second-order valence-corrected chi connectivity index (χ2v) is 8.16. The zero-order chi connectivity index (χ0) is 26.6. The van der Waals surface area contributed by atoms with E-state index in [1.54, 1.807) is 31.2 Å². The predicted molar refractivity (Wildman–Crippen MR) is 128 cm³/mol. The SMILES string of the molecule is C=C/C=C\C(=C/C)n1nc(Cn2nc(-c3ccc(Cl)cc3)n(CC(O)C(F)(F)F)c2=O)nc1C(C)O. The minimum absolute atomic E-state index is 0.0861. The van der Waals surface area contributed by atoms with Crippen LogP contribution in [0.1, 0.15) is 31.6 Å². The number of benzene rings is 1. The first kappa shape index (κ1) is 27.1. The smallest absolute Gasteiger partial charge is 0.385 e. The van der Waals surface area contributed by atoms with Crippen molar-refractivity contribution >= 4 is 17.3 Å². The molecule has 0 radical (unpaired) electrons. The molecule has 192 valence electrons. The van der Waals surface area contributed by atoms with Gasteiger partial charge in [-0.05, 0) is 44.2 Å². The maximum Gasteiger partial charge on any atom is 0.416 e. The Kier molecular flexibility index (Phi) is 8.33. The lowest BCUT2D eigenvalue weighted by Gasteiger charge is -2.15. The molecule has 0 saturated heterocycles. The molecule has 2 N–H and O–H groups in total. The summed E-state index contributed by atoms with van der Waals surface area (Å²) in [6, 6.07) is 5.98. The summed E-state index contributed by atoms with van der Waals surface area (Å²) in [4.78, 5) is 17.4. The number of nitrogens with zero attached hydrogens (tertiary/aromatic N) is 6. The summed E-state index contributed by atoms with van der Waals surface area (Å²) in [5.41, 5.74) is -0.0212. The van der Waals surface area contributed by atoms with Crippen LogP contribution in [-0.4, -0.2) is 51.6 Å². The van der Waals surface area contributed by atoms with Crippen LogP contribution in [0.15, 0.2) is 59.9 Å². The summed E-state index contributed by atoms with van der Waals surface area (Å²) in [7, 11) is 0. The van der Waals surface area contributed by atoms with Gasteiger partial charge in [-0.25, -0.2) is 19.1 Å². The van der Waals surface area contributed by atoms with E-state index in [-0.39, 0.29) is 24.0 Å². The molecule has 9 nitrogen and oxygen atoms in total. The lowest BCUT2D eigenvalue weighted by molar-refractivity contribution is -0.207. The van der Waals surface area contributed by atoms with E-state index in [4.69, 9.17) is 11.6 Å². The molecule has 0 aliphatic carbocycles. The van der Waals surface area contributed by atoms with Gasteiger partial charge in [0.25, 0.3) is 0 Å². The third kappa shape index (κ3) is 6.01. The summed E-state index contributed by atoms with van der Waals surface area (Å²) >= 11 is 5.90. The number of aromatic nitrogens is 6. The zero-order valence-corrected chi connectivity index (χ0v) is 20.1. The van der Waals surface area contributed by atoms with Crippen molar-refractivity contribution < 1.29 is 23.4 Å². The van der Waals surface area contributed by atoms with Crippen LogP contribution in [0, 0.1) is 0 Å². The van der Waals surface area contributed by atoms with E-state index in [0.717, 1.165) is 9.25 Å². The van der Waals surface area contributed by atoms with Gasteiger partial charge in [0.1, 0.15) is 12.6 Å². The summed E-state index contributed by atoms with van der Waals surface area (Å²) in [6.45, 7) is 5.50. The van der Waals surface area contributed by atoms with E-state index in [2.05, 4.69) is 21.8 Å². The van der Waals surface area contributed by atoms with Gasteiger partial charge in [0.15, 0.2) is 23.6 Å². The van der Waals surface area contributed by atoms with Crippen LogP contribution in [0.2, 0.25) is 5.02 Å². The standard InChI is InChI=1S/C23H24ClF3N6O3/c1-4-6-7-17(5-2)33-20(14(3)34)28-19(29-33)13-32-22(36)31(12-18(35)23(25,26)27)21(30-32)15-8-10-16(24)11-9-15/h4-11,14,18,34-35H,1,12-13H2,2-3H3/b7-6-,17-5+. The quantitative estimate of drug-likeness (QED) is 0.414. The second-order valence-electron chi connectivity index (χ2n) is 7.72. The Morgan fingerprint density at radius 2 is 1.89 bits per heavy atom. The third-order valence-electron chi connectivity index (χ3n) is 5.04. The van der Waals surface area contributed by atoms with E-state index in [9.17, 15) is 28.2 Å². The van der Waals surface area contributed by atoms with Crippen LogP contribution in [0.3, 0.4) is 0 Å². The first-order chi connectivity index (χ1) is 17.0. The Hall–Kier alpha value is -3.48. The lowest BCUT2D eigenvalue weighted by Crippen LogP contribution is -2.37. The lowest BCUT2D eigenvalue weighted by atomic mass is 10.2. The summed E-state index contributed by atoms with van der Waals surface area (Å²) < 4.78 is 42.2. The Morgan fingerprint density at radius 3 is 2.44 bits per heavy atom. The Morgan fingerprint density at radius 1 is 1.22 bits per heavy atom. The van der Waals surface area contributed by atoms with Crippen LogP contribution >= 0.6 is 11.6 Å². The molecular formula is C23H24ClF3N6O3. The number of hydrogen-bond donors (Lipinski definition) is 2. The molecule has 0 fully saturated rings. The van der Waals surface area contributed by atoms with E-state index >= 15 is 0 Å². The van der Waals surface area contributed by atoms with Crippen molar-refractivity contribution in [1.82, 2.24) is 29.1 Å². The molecule has 0 aliphatic rings. The molecule has 2 unspecified atom stereocenters. The number of halogens is 4. The normalized spacial score (nSPS) is 14.4. The largest absolute Gasteiger partial charge is 0.416 e. The van der Waals surface area contributed by atoms with Crippen molar-refractivity contribution in [1.29, 1.82) is 0 Å². The number of aliphatic hydroxyl groups excluding tert-OH is 2. The van der Waals surface area contributed by atoms with Crippen molar-refractivity contribution in [2.24, 2.45) is 0 Å². The van der Waals surface area contributed by atoms with Crippen LogP contribution in [0.4, 0.5) is 13.2 Å². The fourth-order valence-corrected chi connectivity index (χ4v) is 3.41.